The first kappa shape index (κ1) is 17.6. The second-order valence-electron chi connectivity index (χ2n) is 5.19. The van der Waals surface area contributed by atoms with Crippen molar-refractivity contribution in [1.82, 2.24) is 20.2 Å². The van der Waals surface area contributed by atoms with Crippen molar-refractivity contribution in [3.8, 4) is 0 Å². The third kappa shape index (κ3) is 4.42. The van der Waals surface area contributed by atoms with Crippen LogP contribution < -0.4 is 10.6 Å². The number of nitrogens with one attached hydrogen (secondary N) is 2. The molecule has 0 unspecified atom stereocenters. The number of aromatic nitrogens is 4. The van der Waals surface area contributed by atoms with E-state index in [2.05, 4.69) is 30.8 Å². The fourth-order valence-electron chi connectivity index (χ4n) is 2.12. The van der Waals surface area contributed by atoms with Crippen LogP contribution in [0.2, 0.25) is 5.02 Å². The van der Waals surface area contributed by atoms with E-state index < -0.39 is 5.97 Å². The number of hydrogen-bond donors (Lipinski definition) is 2. The fraction of sp³-hybridized carbons (Fsp3) is 0.118. The summed E-state index contributed by atoms with van der Waals surface area (Å²) in [6, 6.07) is 8.53. The van der Waals surface area contributed by atoms with Crippen molar-refractivity contribution in [2.45, 2.75) is 6.54 Å². The van der Waals surface area contributed by atoms with Crippen molar-refractivity contribution in [2.75, 3.05) is 17.7 Å². The summed E-state index contributed by atoms with van der Waals surface area (Å²) in [7, 11) is 1.31. The summed E-state index contributed by atoms with van der Waals surface area (Å²) in [4.78, 5) is 20.0. The Bertz CT molecular complexity index is 907. The van der Waals surface area contributed by atoms with Crippen molar-refractivity contribution in [3.63, 3.8) is 0 Å². The number of esters is 1. The van der Waals surface area contributed by atoms with E-state index in [0.717, 1.165) is 5.56 Å². The lowest BCUT2D eigenvalue weighted by atomic mass is 10.2. The molecule has 0 spiro atoms. The Morgan fingerprint density at radius 3 is 2.81 bits per heavy atom. The van der Waals surface area contributed by atoms with E-state index in [1.54, 1.807) is 30.6 Å². The number of ether oxygens (including phenoxy) is 1. The summed E-state index contributed by atoms with van der Waals surface area (Å²) in [6.45, 7) is 0.569. The lowest BCUT2D eigenvalue weighted by molar-refractivity contribution is 0.0601. The molecule has 0 saturated carbocycles. The molecule has 1 aromatic carbocycles. The average Bonchev–Trinajstić information content (AvgIpc) is 2.68. The van der Waals surface area contributed by atoms with Crippen molar-refractivity contribution in [2.24, 2.45) is 0 Å². The Kier molecular flexibility index (Phi) is 5.55. The van der Waals surface area contributed by atoms with E-state index in [9.17, 15) is 4.79 Å². The van der Waals surface area contributed by atoms with Crippen LogP contribution in [0.15, 0.2) is 48.9 Å². The number of carbonyl (C=O) groups is 1. The predicted octanol–water partition coefficient (Wildman–Crippen LogP) is 3.06. The molecule has 8 nitrogen and oxygen atoms in total. The number of anilines is 3. The van der Waals surface area contributed by atoms with E-state index in [1.165, 1.54) is 13.3 Å². The molecule has 132 valence electrons. The molecule has 0 radical (unpaired) electrons. The Labute approximate surface area is 154 Å². The Hall–Kier alpha value is -3.26. The minimum Gasteiger partial charge on any atom is -0.465 e. The van der Waals surface area contributed by atoms with Crippen LogP contribution in [0.4, 0.5) is 17.5 Å². The quantitative estimate of drug-likeness (QED) is 0.638. The van der Waals surface area contributed by atoms with Gasteiger partial charge in [0.25, 0.3) is 0 Å². The standard InChI is InChI=1S/C17H15ClN6O2/c1-26-16(25)12-2-3-13(18)14(8-12)22-17-23-15(10-21-24-17)20-9-11-4-6-19-7-5-11/h2-8,10H,9H2,1H3,(H2,20,22,23,24). The molecule has 2 N–H and O–H groups in total. The zero-order valence-corrected chi connectivity index (χ0v) is 14.6. The van der Waals surface area contributed by atoms with Gasteiger partial charge in [-0.05, 0) is 35.9 Å². The molecule has 0 amide bonds. The maximum atomic E-state index is 11.7. The second-order valence-corrected chi connectivity index (χ2v) is 5.59. The van der Waals surface area contributed by atoms with Gasteiger partial charge in [0, 0.05) is 18.9 Å². The number of nitrogens with zero attached hydrogens (tertiary/aromatic N) is 4. The molecule has 26 heavy (non-hydrogen) atoms. The van der Waals surface area contributed by atoms with Gasteiger partial charge in [0.05, 0.1) is 29.6 Å². The number of rotatable bonds is 6. The molecule has 0 fully saturated rings. The molecule has 3 aromatic rings. The van der Waals surface area contributed by atoms with Gasteiger partial charge >= 0.3 is 5.97 Å². The van der Waals surface area contributed by atoms with Crippen LogP contribution in [0.1, 0.15) is 15.9 Å². The number of benzene rings is 1. The van der Waals surface area contributed by atoms with Crippen LogP contribution in [-0.2, 0) is 11.3 Å². The first-order chi connectivity index (χ1) is 12.7. The van der Waals surface area contributed by atoms with Gasteiger partial charge in [0.15, 0.2) is 5.82 Å². The highest BCUT2D eigenvalue weighted by Crippen LogP contribution is 2.25. The lowest BCUT2D eigenvalue weighted by Gasteiger charge is -2.10. The average molecular weight is 371 g/mol. The molecule has 0 atom stereocenters. The molecule has 2 aromatic heterocycles. The van der Waals surface area contributed by atoms with Crippen LogP contribution in [0.25, 0.3) is 0 Å². The van der Waals surface area contributed by atoms with Crippen LogP contribution in [0.5, 0.6) is 0 Å². The van der Waals surface area contributed by atoms with Crippen molar-refractivity contribution in [3.05, 3.63) is 65.1 Å². The molecule has 3 rings (SSSR count). The molecule has 0 aliphatic rings. The van der Waals surface area contributed by atoms with E-state index in [-0.39, 0.29) is 5.95 Å². The lowest BCUT2D eigenvalue weighted by Crippen LogP contribution is -2.07. The van der Waals surface area contributed by atoms with E-state index in [4.69, 9.17) is 16.3 Å². The maximum Gasteiger partial charge on any atom is 0.337 e. The van der Waals surface area contributed by atoms with Crippen LogP contribution in [0.3, 0.4) is 0 Å². The van der Waals surface area contributed by atoms with Crippen LogP contribution in [0, 0.1) is 0 Å². The van der Waals surface area contributed by atoms with E-state index in [1.807, 2.05) is 12.1 Å². The third-order valence-corrected chi connectivity index (χ3v) is 3.75. The molecule has 0 aliphatic heterocycles. The van der Waals surface area contributed by atoms with Gasteiger partial charge in [0.2, 0.25) is 5.95 Å². The minimum absolute atomic E-state index is 0.244. The molecular weight excluding hydrogens is 356 g/mol. The Morgan fingerprint density at radius 1 is 1.23 bits per heavy atom. The summed E-state index contributed by atoms with van der Waals surface area (Å²) in [5, 5.41) is 14.4. The van der Waals surface area contributed by atoms with Gasteiger partial charge in [-0.15, -0.1) is 5.10 Å². The molecule has 0 bridgehead atoms. The monoisotopic (exact) mass is 370 g/mol. The molecule has 0 saturated heterocycles. The van der Waals surface area contributed by atoms with Gasteiger partial charge in [-0.1, -0.05) is 11.6 Å². The van der Waals surface area contributed by atoms with Crippen molar-refractivity contribution >= 4 is 35.0 Å². The molecule has 0 aliphatic carbocycles. The predicted molar refractivity (Wildman–Crippen MR) is 97.5 cm³/mol. The first-order valence-corrected chi connectivity index (χ1v) is 8.01. The Balaban J connectivity index is 1.73. The topological polar surface area (TPSA) is 102 Å². The summed E-state index contributed by atoms with van der Waals surface area (Å²) in [6.07, 6.45) is 4.95. The highest BCUT2D eigenvalue weighted by Gasteiger charge is 2.10. The third-order valence-electron chi connectivity index (χ3n) is 3.42. The molecular formula is C17H15ClN6O2. The summed E-state index contributed by atoms with van der Waals surface area (Å²) in [5.41, 5.74) is 1.89. The van der Waals surface area contributed by atoms with Gasteiger partial charge in [-0.3, -0.25) is 4.98 Å². The number of methoxy groups -OCH3 is 1. The van der Waals surface area contributed by atoms with Gasteiger partial charge < -0.3 is 15.4 Å². The normalized spacial score (nSPS) is 10.2. The molecule has 2 heterocycles. The minimum atomic E-state index is -0.462. The van der Waals surface area contributed by atoms with E-state index >= 15 is 0 Å². The van der Waals surface area contributed by atoms with Crippen molar-refractivity contribution < 1.29 is 9.53 Å². The highest BCUT2D eigenvalue weighted by atomic mass is 35.5. The summed E-state index contributed by atoms with van der Waals surface area (Å²) < 4.78 is 4.71. The van der Waals surface area contributed by atoms with Crippen LogP contribution >= 0.6 is 11.6 Å². The maximum absolute atomic E-state index is 11.7. The highest BCUT2D eigenvalue weighted by molar-refractivity contribution is 6.33. The number of hydrogen-bond acceptors (Lipinski definition) is 8. The van der Waals surface area contributed by atoms with Gasteiger partial charge in [-0.2, -0.15) is 10.1 Å². The Morgan fingerprint density at radius 2 is 2.04 bits per heavy atom. The zero-order chi connectivity index (χ0) is 18.4. The van der Waals surface area contributed by atoms with E-state index in [0.29, 0.717) is 28.6 Å². The SMILES string of the molecule is COC(=O)c1ccc(Cl)c(Nc2nncc(NCc3ccncc3)n2)c1. The first-order valence-electron chi connectivity index (χ1n) is 7.63. The molecule has 9 heteroatoms. The number of carbonyl (C=O) groups excluding carboxylic acids is 1. The zero-order valence-electron chi connectivity index (χ0n) is 13.8. The summed E-state index contributed by atoms with van der Waals surface area (Å²) in [5.74, 6) is 0.324. The summed E-state index contributed by atoms with van der Waals surface area (Å²) >= 11 is 6.16. The second kappa shape index (κ2) is 8.21. The fourth-order valence-corrected chi connectivity index (χ4v) is 2.29. The number of pyridine rings is 1. The smallest absolute Gasteiger partial charge is 0.337 e. The van der Waals surface area contributed by atoms with Crippen LogP contribution in [-0.4, -0.2) is 33.2 Å². The number of halogens is 1. The largest absolute Gasteiger partial charge is 0.465 e. The van der Waals surface area contributed by atoms with Crippen molar-refractivity contribution in [1.29, 1.82) is 0 Å². The van der Waals surface area contributed by atoms with Gasteiger partial charge in [0.1, 0.15) is 0 Å². The van der Waals surface area contributed by atoms with Gasteiger partial charge in [-0.25, -0.2) is 4.79 Å².